The van der Waals surface area contributed by atoms with Crippen LogP contribution in [0, 0.1) is 11.3 Å². The van der Waals surface area contributed by atoms with Crippen LogP contribution >= 0.6 is 15.9 Å². The summed E-state index contributed by atoms with van der Waals surface area (Å²) in [5.74, 6) is 0.735. The summed E-state index contributed by atoms with van der Waals surface area (Å²) in [5, 5.41) is 1.11. The molecule has 108 valence electrons. The van der Waals surface area contributed by atoms with Gasteiger partial charge in [0, 0.05) is 43.6 Å². The van der Waals surface area contributed by atoms with Crippen molar-refractivity contribution in [1.82, 2.24) is 9.80 Å². The van der Waals surface area contributed by atoms with Crippen LogP contribution in [0.5, 0.6) is 0 Å². The average molecular weight is 319 g/mol. The van der Waals surface area contributed by atoms with E-state index in [1.807, 2.05) is 0 Å². The zero-order valence-corrected chi connectivity index (χ0v) is 14.7. The maximum Gasteiger partial charge on any atom is 0.0126 e. The van der Waals surface area contributed by atoms with Crippen LogP contribution in [-0.2, 0) is 0 Å². The lowest BCUT2D eigenvalue weighted by Gasteiger charge is -2.44. The largest absolute Gasteiger partial charge is 0.300 e. The van der Waals surface area contributed by atoms with E-state index in [9.17, 15) is 0 Å². The highest BCUT2D eigenvalue weighted by atomic mass is 79.9. The normalized spacial score (nSPS) is 22.2. The first-order valence-electron chi connectivity index (χ1n) is 7.18. The number of hydrogen-bond acceptors (Lipinski definition) is 2. The number of rotatable bonds is 3. The Hall–Kier alpha value is 0.400. The monoisotopic (exact) mass is 318 g/mol. The van der Waals surface area contributed by atoms with Crippen molar-refractivity contribution in [3.8, 4) is 0 Å². The Balaban J connectivity index is 2.44. The standard InChI is InChI=1S/C15H31BrN2/c1-14(2,3)13(11-16)12-17-7-9-18(10-8-17)15(4,5)6/h13H,7-12H2,1-6H3. The van der Waals surface area contributed by atoms with Crippen molar-refractivity contribution in [2.45, 2.75) is 47.1 Å². The second-order valence-electron chi connectivity index (χ2n) is 7.68. The molecule has 1 aliphatic heterocycles. The molecule has 0 aromatic heterocycles. The first-order valence-corrected chi connectivity index (χ1v) is 8.30. The molecule has 2 nitrogen and oxygen atoms in total. The van der Waals surface area contributed by atoms with E-state index in [0.29, 0.717) is 11.0 Å². The quantitative estimate of drug-likeness (QED) is 0.735. The van der Waals surface area contributed by atoms with Crippen LogP contribution in [0.3, 0.4) is 0 Å². The second kappa shape index (κ2) is 6.23. The van der Waals surface area contributed by atoms with Crippen molar-refractivity contribution in [1.29, 1.82) is 0 Å². The van der Waals surface area contributed by atoms with E-state index in [1.54, 1.807) is 0 Å². The second-order valence-corrected chi connectivity index (χ2v) is 8.32. The predicted octanol–water partition coefficient (Wildman–Crippen LogP) is 3.46. The van der Waals surface area contributed by atoms with Crippen LogP contribution in [0.2, 0.25) is 0 Å². The van der Waals surface area contributed by atoms with E-state index < -0.39 is 0 Å². The fourth-order valence-electron chi connectivity index (χ4n) is 2.47. The van der Waals surface area contributed by atoms with Crippen LogP contribution in [-0.4, -0.2) is 53.4 Å². The number of nitrogens with zero attached hydrogens (tertiary/aromatic N) is 2. The minimum Gasteiger partial charge on any atom is -0.300 e. The van der Waals surface area contributed by atoms with E-state index in [0.717, 1.165) is 11.2 Å². The molecule has 1 unspecified atom stereocenters. The topological polar surface area (TPSA) is 6.48 Å². The minimum atomic E-state index is 0.324. The summed E-state index contributed by atoms with van der Waals surface area (Å²) in [5.41, 5.74) is 0.718. The Morgan fingerprint density at radius 3 is 1.78 bits per heavy atom. The van der Waals surface area contributed by atoms with Crippen LogP contribution in [0.15, 0.2) is 0 Å². The molecule has 18 heavy (non-hydrogen) atoms. The van der Waals surface area contributed by atoms with Gasteiger partial charge in [0.1, 0.15) is 0 Å². The van der Waals surface area contributed by atoms with Gasteiger partial charge in [-0.2, -0.15) is 0 Å². The summed E-state index contributed by atoms with van der Waals surface area (Å²) in [6.07, 6.45) is 0. The van der Waals surface area contributed by atoms with Crippen molar-refractivity contribution in [2.24, 2.45) is 11.3 Å². The molecule has 1 rings (SSSR count). The maximum absolute atomic E-state index is 3.68. The molecule has 0 radical (unpaired) electrons. The number of alkyl halides is 1. The van der Waals surface area contributed by atoms with E-state index >= 15 is 0 Å². The summed E-state index contributed by atoms with van der Waals surface area (Å²) in [7, 11) is 0. The molecule has 0 aliphatic carbocycles. The molecule has 1 aliphatic rings. The Bertz CT molecular complexity index is 244. The fraction of sp³-hybridized carbons (Fsp3) is 1.00. The number of halogens is 1. The summed E-state index contributed by atoms with van der Waals surface area (Å²) < 4.78 is 0. The highest BCUT2D eigenvalue weighted by Gasteiger charge is 2.29. The fourth-order valence-corrected chi connectivity index (χ4v) is 3.64. The van der Waals surface area contributed by atoms with E-state index in [1.165, 1.54) is 32.7 Å². The van der Waals surface area contributed by atoms with Crippen LogP contribution < -0.4 is 0 Å². The Kier molecular flexibility index (Phi) is 5.70. The van der Waals surface area contributed by atoms with E-state index in [-0.39, 0.29) is 0 Å². The van der Waals surface area contributed by atoms with Crippen molar-refractivity contribution in [2.75, 3.05) is 38.1 Å². The molecule has 1 saturated heterocycles. The van der Waals surface area contributed by atoms with Gasteiger partial charge in [0.05, 0.1) is 0 Å². The summed E-state index contributed by atoms with van der Waals surface area (Å²) in [6, 6.07) is 0. The smallest absolute Gasteiger partial charge is 0.0126 e. The van der Waals surface area contributed by atoms with Gasteiger partial charge < -0.3 is 4.90 Å². The highest BCUT2D eigenvalue weighted by molar-refractivity contribution is 9.09. The van der Waals surface area contributed by atoms with Crippen molar-refractivity contribution < 1.29 is 0 Å². The molecular weight excluding hydrogens is 288 g/mol. The highest BCUT2D eigenvalue weighted by Crippen LogP contribution is 2.29. The summed E-state index contributed by atoms with van der Waals surface area (Å²) >= 11 is 3.68. The average Bonchev–Trinajstić information content (AvgIpc) is 2.23. The van der Waals surface area contributed by atoms with Crippen LogP contribution in [0.1, 0.15) is 41.5 Å². The Labute approximate surface area is 122 Å². The Morgan fingerprint density at radius 1 is 0.944 bits per heavy atom. The predicted molar refractivity (Wildman–Crippen MR) is 84.5 cm³/mol. The molecule has 0 N–H and O–H groups in total. The van der Waals surface area contributed by atoms with Gasteiger partial charge in [-0.05, 0) is 32.1 Å². The molecule has 0 amide bonds. The molecular formula is C15H31BrN2. The van der Waals surface area contributed by atoms with Gasteiger partial charge in [0.25, 0.3) is 0 Å². The van der Waals surface area contributed by atoms with Gasteiger partial charge in [-0.25, -0.2) is 0 Å². The van der Waals surface area contributed by atoms with Gasteiger partial charge in [-0.3, -0.25) is 4.90 Å². The van der Waals surface area contributed by atoms with Gasteiger partial charge in [0.15, 0.2) is 0 Å². The molecule has 1 heterocycles. The Morgan fingerprint density at radius 2 is 1.44 bits per heavy atom. The van der Waals surface area contributed by atoms with E-state index in [4.69, 9.17) is 0 Å². The number of piperazine rings is 1. The summed E-state index contributed by atoms with van der Waals surface area (Å²) in [4.78, 5) is 5.24. The third kappa shape index (κ3) is 4.82. The lowest BCUT2D eigenvalue weighted by atomic mass is 9.81. The van der Waals surface area contributed by atoms with Crippen LogP contribution in [0.4, 0.5) is 0 Å². The maximum atomic E-state index is 3.68. The van der Waals surface area contributed by atoms with Crippen LogP contribution in [0.25, 0.3) is 0 Å². The number of hydrogen-bond donors (Lipinski definition) is 0. The van der Waals surface area contributed by atoms with Gasteiger partial charge in [0.2, 0.25) is 0 Å². The third-order valence-electron chi connectivity index (χ3n) is 4.21. The van der Waals surface area contributed by atoms with Gasteiger partial charge >= 0.3 is 0 Å². The first kappa shape index (κ1) is 16.5. The zero-order chi connectivity index (χ0) is 14.0. The molecule has 0 saturated carbocycles. The lowest BCUT2D eigenvalue weighted by Crippen LogP contribution is -2.54. The molecule has 3 heteroatoms. The van der Waals surface area contributed by atoms with E-state index in [2.05, 4.69) is 67.3 Å². The first-order chi connectivity index (χ1) is 8.14. The van der Waals surface area contributed by atoms with Crippen molar-refractivity contribution in [3.63, 3.8) is 0 Å². The lowest BCUT2D eigenvalue weighted by molar-refractivity contribution is 0.0472. The molecule has 1 fully saturated rings. The summed E-state index contributed by atoms with van der Waals surface area (Å²) in [6.45, 7) is 20.1. The van der Waals surface area contributed by atoms with Crippen molar-refractivity contribution in [3.05, 3.63) is 0 Å². The third-order valence-corrected chi connectivity index (χ3v) is 4.99. The molecule has 0 bridgehead atoms. The molecule has 0 spiro atoms. The molecule has 1 atom stereocenters. The van der Waals surface area contributed by atoms with Crippen molar-refractivity contribution >= 4 is 15.9 Å². The molecule has 0 aromatic rings. The SMILES string of the molecule is CC(C)(C)C(CBr)CN1CCN(C(C)(C)C)CC1. The molecule has 0 aromatic carbocycles. The van der Waals surface area contributed by atoms with Gasteiger partial charge in [-0.15, -0.1) is 0 Å². The van der Waals surface area contributed by atoms with Gasteiger partial charge in [-0.1, -0.05) is 36.7 Å². The zero-order valence-electron chi connectivity index (χ0n) is 13.1. The minimum absolute atomic E-state index is 0.324.